The van der Waals surface area contributed by atoms with Gasteiger partial charge in [-0.05, 0) is 62.4 Å². The Morgan fingerprint density at radius 3 is 1.45 bits per heavy atom. The maximum absolute atomic E-state index is 3.81. The number of nitrogens with one attached hydrogen (secondary N) is 2. The monoisotopic (exact) mass is 552 g/mol. The Morgan fingerprint density at radius 2 is 0.976 bits per heavy atom. The first-order valence-corrected chi connectivity index (χ1v) is 15.3. The lowest BCUT2D eigenvalue weighted by Gasteiger charge is -2.32. The van der Waals surface area contributed by atoms with Crippen LogP contribution in [0.15, 0.2) is 133 Å². The van der Waals surface area contributed by atoms with Gasteiger partial charge in [0, 0.05) is 25.2 Å². The average Bonchev–Trinajstić information content (AvgIpc) is 3.02. The van der Waals surface area contributed by atoms with Gasteiger partial charge in [0.2, 0.25) is 0 Å². The van der Waals surface area contributed by atoms with E-state index in [2.05, 4.69) is 172 Å². The molecule has 42 heavy (non-hydrogen) atoms. The Kier molecular flexibility index (Phi) is 9.69. The summed E-state index contributed by atoms with van der Waals surface area (Å²) in [6.07, 6.45) is 1.07. The summed E-state index contributed by atoms with van der Waals surface area (Å²) in [5, 5.41) is 7.53. The second-order valence-corrected chi connectivity index (χ2v) is 12.3. The van der Waals surface area contributed by atoms with E-state index in [0.717, 1.165) is 19.5 Å². The molecule has 0 spiro atoms. The zero-order valence-corrected chi connectivity index (χ0v) is 25.5. The third kappa shape index (κ3) is 7.64. The van der Waals surface area contributed by atoms with Crippen LogP contribution in [0.25, 0.3) is 22.3 Å². The molecular formula is C40H44N2. The van der Waals surface area contributed by atoms with Gasteiger partial charge in [0.25, 0.3) is 0 Å². The molecule has 5 aromatic carbocycles. The van der Waals surface area contributed by atoms with Gasteiger partial charge in [0.15, 0.2) is 0 Å². The molecule has 2 N–H and O–H groups in total. The van der Waals surface area contributed by atoms with E-state index in [1.807, 2.05) is 0 Å². The summed E-state index contributed by atoms with van der Waals surface area (Å²) in [7, 11) is 0. The van der Waals surface area contributed by atoms with E-state index >= 15 is 0 Å². The second-order valence-electron chi connectivity index (χ2n) is 12.3. The summed E-state index contributed by atoms with van der Waals surface area (Å²) in [5.74, 6) is 0. The topological polar surface area (TPSA) is 24.1 Å². The first-order valence-electron chi connectivity index (χ1n) is 15.3. The van der Waals surface area contributed by atoms with Crippen LogP contribution in [-0.2, 0) is 13.1 Å². The quantitative estimate of drug-likeness (QED) is 0.170. The Balaban J connectivity index is 1.22. The summed E-state index contributed by atoms with van der Waals surface area (Å²) in [5.41, 5.74) is 10.4. The van der Waals surface area contributed by atoms with E-state index in [4.69, 9.17) is 0 Å². The number of benzene rings is 5. The van der Waals surface area contributed by atoms with Crippen molar-refractivity contribution in [1.29, 1.82) is 0 Å². The Labute approximate surface area is 252 Å². The van der Waals surface area contributed by atoms with E-state index in [1.165, 1.54) is 44.5 Å². The fraction of sp³-hybridized carbons (Fsp3) is 0.250. The highest BCUT2D eigenvalue weighted by Gasteiger charge is 2.25. The Morgan fingerprint density at radius 1 is 0.500 bits per heavy atom. The number of rotatable bonds is 11. The Bertz CT molecular complexity index is 1520. The van der Waals surface area contributed by atoms with Crippen molar-refractivity contribution in [3.8, 4) is 22.3 Å². The summed E-state index contributed by atoms with van der Waals surface area (Å²) >= 11 is 0. The van der Waals surface area contributed by atoms with Gasteiger partial charge in [-0.25, -0.2) is 0 Å². The molecule has 0 aliphatic rings. The fourth-order valence-corrected chi connectivity index (χ4v) is 5.72. The number of hydrogen-bond donors (Lipinski definition) is 2. The molecule has 2 unspecified atom stereocenters. The lowest BCUT2D eigenvalue weighted by Crippen LogP contribution is -2.32. The molecule has 2 atom stereocenters. The highest BCUT2D eigenvalue weighted by Crippen LogP contribution is 2.33. The molecule has 0 radical (unpaired) electrons. The standard InChI is InChI=1S/C40H44N2/c1-5-38(34-13-8-6-9-14-34)41-28-30-19-23-32(24-20-30)36-17-12-18-37(27-36)33-25-21-31(22-26-33)29-42-39(40(2,3)4)35-15-10-7-11-16-35/h6-27,38-39,41-42H,5,28-29H2,1-4H3. The van der Waals surface area contributed by atoms with Crippen LogP contribution in [0.2, 0.25) is 0 Å². The highest BCUT2D eigenvalue weighted by molar-refractivity contribution is 5.73. The minimum absolute atomic E-state index is 0.122. The van der Waals surface area contributed by atoms with Crippen molar-refractivity contribution in [3.05, 3.63) is 156 Å². The zero-order chi connectivity index (χ0) is 29.4. The average molecular weight is 553 g/mol. The molecule has 0 aliphatic carbocycles. The molecular weight excluding hydrogens is 508 g/mol. The third-order valence-electron chi connectivity index (χ3n) is 8.11. The van der Waals surface area contributed by atoms with Gasteiger partial charge in [0.05, 0.1) is 0 Å². The molecule has 0 heterocycles. The van der Waals surface area contributed by atoms with Crippen molar-refractivity contribution in [2.45, 2.75) is 59.3 Å². The van der Waals surface area contributed by atoms with Crippen LogP contribution in [0.1, 0.15) is 68.5 Å². The van der Waals surface area contributed by atoms with Gasteiger partial charge in [-0.15, -0.1) is 0 Å². The third-order valence-corrected chi connectivity index (χ3v) is 8.11. The molecule has 2 heteroatoms. The zero-order valence-electron chi connectivity index (χ0n) is 25.5. The lowest BCUT2D eigenvalue weighted by atomic mass is 9.82. The van der Waals surface area contributed by atoms with Crippen molar-refractivity contribution in [1.82, 2.24) is 10.6 Å². The lowest BCUT2D eigenvalue weighted by molar-refractivity contribution is 0.271. The second kappa shape index (κ2) is 13.8. The van der Waals surface area contributed by atoms with E-state index < -0.39 is 0 Å². The maximum atomic E-state index is 3.81. The minimum atomic E-state index is 0.122. The predicted octanol–water partition coefficient (Wildman–Crippen LogP) is 10.1. The first-order chi connectivity index (χ1) is 20.4. The van der Waals surface area contributed by atoms with Crippen LogP contribution in [0.4, 0.5) is 0 Å². The SMILES string of the molecule is CCC(NCc1ccc(-c2cccc(-c3ccc(CNC(c4ccccc4)C(C)(C)C)cc3)c2)cc1)c1ccccc1. The van der Waals surface area contributed by atoms with Crippen molar-refractivity contribution >= 4 is 0 Å². The van der Waals surface area contributed by atoms with Gasteiger partial charge in [0.1, 0.15) is 0 Å². The normalized spacial score (nSPS) is 13.0. The number of hydrogen-bond acceptors (Lipinski definition) is 2. The molecule has 2 nitrogen and oxygen atoms in total. The molecule has 0 amide bonds. The molecule has 5 aromatic rings. The van der Waals surface area contributed by atoms with Crippen LogP contribution in [0.5, 0.6) is 0 Å². The van der Waals surface area contributed by atoms with Crippen molar-refractivity contribution in [2.75, 3.05) is 0 Å². The van der Waals surface area contributed by atoms with Gasteiger partial charge >= 0.3 is 0 Å². The minimum Gasteiger partial charge on any atom is -0.306 e. The molecule has 0 fully saturated rings. The molecule has 0 aromatic heterocycles. The van der Waals surface area contributed by atoms with E-state index in [1.54, 1.807) is 0 Å². The van der Waals surface area contributed by atoms with Crippen molar-refractivity contribution in [2.24, 2.45) is 5.41 Å². The van der Waals surface area contributed by atoms with E-state index in [9.17, 15) is 0 Å². The summed E-state index contributed by atoms with van der Waals surface area (Å²) in [6, 6.07) is 49.0. The van der Waals surface area contributed by atoms with Crippen molar-refractivity contribution in [3.63, 3.8) is 0 Å². The maximum Gasteiger partial charge on any atom is 0.0372 e. The molecule has 214 valence electrons. The van der Waals surface area contributed by atoms with Crippen LogP contribution >= 0.6 is 0 Å². The molecule has 0 bridgehead atoms. The molecule has 0 saturated heterocycles. The van der Waals surface area contributed by atoms with Gasteiger partial charge in [-0.2, -0.15) is 0 Å². The first kappa shape index (κ1) is 29.5. The van der Waals surface area contributed by atoms with Crippen molar-refractivity contribution < 1.29 is 0 Å². The summed E-state index contributed by atoms with van der Waals surface area (Å²) < 4.78 is 0. The van der Waals surface area contributed by atoms with E-state index in [-0.39, 0.29) is 11.5 Å². The highest BCUT2D eigenvalue weighted by atomic mass is 14.9. The largest absolute Gasteiger partial charge is 0.306 e. The van der Waals surface area contributed by atoms with Crippen LogP contribution < -0.4 is 10.6 Å². The van der Waals surface area contributed by atoms with Crippen LogP contribution in [0.3, 0.4) is 0 Å². The predicted molar refractivity (Wildman–Crippen MR) is 179 cm³/mol. The van der Waals surface area contributed by atoms with Gasteiger partial charge in [-0.3, -0.25) is 0 Å². The summed E-state index contributed by atoms with van der Waals surface area (Å²) in [6.45, 7) is 10.8. The molecule has 0 saturated carbocycles. The summed E-state index contributed by atoms with van der Waals surface area (Å²) in [4.78, 5) is 0. The van der Waals surface area contributed by atoms with E-state index in [0.29, 0.717) is 6.04 Å². The fourth-order valence-electron chi connectivity index (χ4n) is 5.72. The molecule has 0 aliphatic heterocycles. The van der Waals surface area contributed by atoms with Gasteiger partial charge < -0.3 is 10.6 Å². The van der Waals surface area contributed by atoms with Gasteiger partial charge in [-0.1, -0.05) is 155 Å². The van der Waals surface area contributed by atoms with Crippen LogP contribution in [-0.4, -0.2) is 0 Å². The molecule has 5 rings (SSSR count). The smallest absolute Gasteiger partial charge is 0.0372 e. The van der Waals surface area contributed by atoms with Crippen LogP contribution in [0, 0.1) is 5.41 Å². The Hall–Kier alpha value is -3.98.